The zero-order valence-corrected chi connectivity index (χ0v) is 11.9. The minimum atomic E-state index is 0.463. The van der Waals surface area contributed by atoms with Crippen LogP contribution in [0.3, 0.4) is 0 Å². The Labute approximate surface area is 110 Å². The molecule has 5 heteroatoms. The first-order valence-corrected chi connectivity index (χ1v) is 6.69. The molecule has 18 heavy (non-hydrogen) atoms. The molecular weight excluding hydrogens is 226 g/mol. The summed E-state index contributed by atoms with van der Waals surface area (Å²) in [7, 11) is 2.07. The van der Waals surface area contributed by atoms with E-state index in [-0.39, 0.29) is 0 Å². The lowest BCUT2D eigenvalue weighted by atomic mass is 10.2. The molecular formula is C13H25N5. The van der Waals surface area contributed by atoms with Gasteiger partial charge in [0.05, 0.1) is 0 Å². The average molecular weight is 251 g/mol. The first-order chi connectivity index (χ1) is 8.62. The number of aryl methyl sites for hydroxylation is 1. The van der Waals surface area contributed by atoms with Gasteiger partial charge in [-0.05, 0) is 19.8 Å². The van der Waals surface area contributed by atoms with Crippen molar-refractivity contribution in [1.29, 1.82) is 0 Å². The Kier molecular flexibility index (Phi) is 5.85. The second-order valence-electron chi connectivity index (χ2n) is 4.67. The van der Waals surface area contributed by atoms with Crippen molar-refractivity contribution in [3.63, 3.8) is 0 Å². The molecule has 102 valence electrons. The van der Waals surface area contributed by atoms with Crippen molar-refractivity contribution in [3.05, 3.63) is 11.9 Å². The third-order valence-corrected chi connectivity index (χ3v) is 3.11. The standard InChI is InChI=1S/C13H25N5/c1-5-7-10(3)18(4)13-9-12(17-14)15-11(16-13)8-6-2/h9-10H,5-8,14H2,1-4H3,(H,15,16,17). The normalized spacial score (nSPS) is 12.3. The number of nitrogens with one attached hydrogen (secondary N) is 1. The van der Waals surface area contributed by atoms with Crippen molar-refractivity contribution in [3.8, 4) is 0 Å². The maximum Gasteiger partial charge on any atom is 0.145 e. The van der Waals surface area contributed by atoms with Crippen molar-refractivity contribution in [2.75, 3.05) is 17.4 Å². The van der Waals surface area contributed by atoms with Crippen LogP contribution in [0.5, 0.6) is 0 Å². The van der Waals surface area contributed by atoms with Gasteiger partial charge < -0.3 is 10.3 Å². The maximum atomic E-state index is 5.46. The zero-order chi connectivity index (χ0) is 13.5. The Morgan fingerprint density at radius 2 is 2.06 bits per heavy atom. The third kappa shape index (κ3) is 3.84. The van der Waals surface area contributed by atoms with E-state index in [0.29, 0.717) is 11.9 Å². The zero-order valence-electron chi connectivity index (χ0n) is 11.9. The van der Waals surface area contributed by atoms with Gasteiger partial charge in [0.15, 0.2) is 0 Å². The number of rotatable bonds is 7. The van der Waals surface area contributed by atoms with Crippen LogP contribution in [0, 0.1) is 0 Å². The summed E-state index contributed by atoms with van der Waals surface area (Å²) in [6.45, 7) is 6.52. The van der Waals surface area contributed by atoms with Crippen LogP contribution in [0.25, 0.3) is 0 Å². The van der Waals surface area contributed by atoms with E-state index in [0.717, 1.165) is 30.9 Å². The van der Waals surface area contributed by atoms with Crippen molar-refractivity contribution in [2.45, 2.75) is 52.5 Å². The molecule has 1 aromatic rings. The topological polar surface area (TPSA) is 67.1 Å². The van der Waals surface area contributed by atoms with E-state index in [9.17, 15) is 0 Å². The first-order valence-electron chi connectivity index (χ1n) is 6.69. The number of aromatic nitrogens is 2. The van der Waals surface area contributed by atoms with Crippen molar-refractivity contribution >= 4 is 11.6 Å². The Hall–Kier alpha value is -1.36. The molecule has 1 heterocycles. The van der Waals surface area contributed by atoms with Crippen molar-refractivity contribution < 1.29 is 0 Å². The predicted octanol–water partition coefficient (Wildman–Crippen LogP) is 2.34. The Balaban J connectivity index is 2.95. The molecule has 0 aliphatic carbocycles. The molecule has 0 saturated carbocycles. The number of nitrogens with two attached hydrogens (primary N) is 1. The number of nitrogens with zero attached hydrogens (tertiary/aromatic N) is 3. The van der Waals surface area contributed by atoms with Crippen LogP contribution in [-0.2, 0) is 6.42 Å². The lowest BCUT2D eigenvalue weighted by molar-refractivity contribution is 0.609. The van der Waals surface area contributed by atoms with Gasteiger partial charge in [-0.2, -0.15) is 0 Å². The molecule has 0 amide bonds. The lowest BCUT2D eigenvalue weighted by Gasteiger charge is -2.26. The van der Waals surface area contributed by atoms with E-state index in [2.05, 4.69) is 48.1 Å². The second kappa shape index (κ2) is 7.16. The fraction of sp³-hybridized carbons (Fsp3) is 0.692. The number of hydrogen-bond donors (Lipinski definition) is 2. The molecule has 0 fully saturated rings. The largest absolute Gasteiger partial charge is 0.357 e. The van der Waals surface area contributed by atoms with Crippen molar-refractivity contribution in [2.24, 2.45) is 5.84 Å². The van der Waals surface area contributed by atoms with Gasteiger partial charge in [0.25, 0.3) is 0 Å². The smallest absolute Gasteiger partial charge is 0.145 e. The minimum absolute atomic E-state index is 0.463. The Morgan fingerprint density at radius 1 is 1.33 bits per heavy atom. The average Bonchev–Trinajstić information content (AvgIpc) is 2.38. The van der Waals surface area contributed by atoms with Crippen LogP contribution >= 0.6 is 0 Å². The number of nitrogen functional groups attached to an aromatic ring is 1. The molecule has 1 aromatic heterocycles. The van der Waals surface area contributed by atoms with Gasteiger partial charge in [0.2, 0.25) is 0 Å². The molecule has 0 aromatic carbocycles. The highest BCUT2D eigenvalue weighted by Gasteiger charge is 2.12. The Morgan fingerprint density at radius 3 is 2.61 bits per heavy atom. The van der Waals surface area contributed by atoms with Crippen molar-refractivity contribution in [1.82, 2.24) is 9.97 Å². The molecule has 0 aliphatic rings. The molecule has 0 spiro atoms. The summed E-state index contributed by atoms with van der Waals surface area (Å²) < 4.78 is 0. The number of hydrazine groups is 1. The molecule has 5 nitrogen and oxygen atoms in total. The van der Waals surface area contributed by atoms with E-state index < -0.39 is 0 Å². The maximum absolute atomic E-state index is 5.46. The molecule has 1 atom stereocenters. The molecule has 0 radical (unpaired) electrons. The van der Waals surface area contributed by atoms with E-state index in [1.807, 2.05) is 6.07 Å². The van der Waals surface area contributed by atoms with Gasteiger partial charge in [-0.1, -0.05) is 20.3 Å². The fourth-order valence-corrected chi connectivity index (χ4v) is 1.91. The van der Waals surface area contributed by atoms with Crippen LogP contribution in [0.4, 0.5) is 11.6 Å². The van der Waals surface area contributed by atoms with E-state index in [4.69, 9.17) is 5.84 Å². The number of hydrogen-bond acceptors (Lipinski definition) is 5. The quantitative estimate of drug-likeness (QED) is 0.575. The monoisotopic (exact) mass is 251 g/mol. The summed E-state index contributed by atoms with van der Waals surface area (Å²) in [6, 6.07) is 2.36. The van der Waals surface area contributed by atoms with Crippen LogP contribution in [0.15, 0.2) is 6.07 Å². The summed E-state index contributed by atoms with van der Waals surface area (Å²) in [5, 5.41) is 0. The van der Waals surface area contributed by atoms with Gasteiger partial charge in [-0.25, -0.2) is 15.8 Å². The summed E-state index contributed by atoms with van der Waals surface area (Å²) in [4.78, 5) is 11.1. The highest BCUT2D eigenvalue weighted by molar-refractivity contribution is 5.49. The van der Waals surface area contributed by atoms with E-state index in [1.54, 1.807) is 0 Å². The minimum Gasteiger partial charge on any atom is -0.357 e. The molecule has 3 N–H and O–H groups in total. The van der Waals surface area contributed by atoms with Crippen LogP contribution in [0.1, 0.15) is 45.9 Å². The lowest BCUT2D eigenvalue weighted by Crippen LogP contribution is -2.30. The molecule has 0 bridgehead atoms. The van der Waals surface area contributed by atoms with Gasteiger partial charge in [-0.15, -0.1) is 0 Å². The van der Waals surface area contributed by atoms with Crippen LogP contribution in [-0.4, -0.2) is 23.1 Å². The van der Waals surface area contributed by atoms with Gasteiger partial charge in [0.1, 0.15) is 17.5 Å². The Bertz CT molecular complexity index is 366. The van der Waals surface area contributed by atoms with Crippen LogP contribution in [0.2, 0.25) is 0 Å². The van der Waals surface area contributed by atoms with Gasteiger partial charge in [-0.3, -0.25) is 0 Å². The molecule has 0 aliphatic heterocycles. The van der Waals surface area contributed by atoms with E-state index in [1.165, 1.54) is 6.42 Å². The highest BCUT2D eigenvalue weighted by atomic mass is 15.3. The molecule has 1 unspecified atom stereocenters. The first kappa shape index (κ1) is 14.7. The molecule has 1 rings (SSSR count). The summed E-state index contributed by atoms with van der Waals surface area (Å²) in [5.74, 6) is 7.92. The van der Waals surface area contributed by atoms with E-state index >= 15 is 0 Å². The highest BCUT2D eigenvalue weighted by Crippen LogP contribution is 2.18. The molecule has 0 saturated heterocycles. The summed E-state index contributed by atoms with van der Waals surface area (Å²) in [6.07, 6.45) is 4.22. The SMILES string of the molecule is CCCc1nc(NN)cc(N(C)C(C)CCC)n1. The van der Waals surface area contributed by atoms with Gasteiger partial charge in [0, 0.05) is 25.6 Å². The summed E-state index contributed by atoms with van der Waals surface area (Å²) in [5.41, 5.74) is 2.61. The third-order valence-electron chi connectivity index (χ3n) is 3.11. The number of anilines is 2. The predicted molar refractivity (Wildman–Crippen MR) is 76.6 cm³/mol. The summed E-state index contributed by atoms with van der Waals surface area (Å²) >= 11 is 0. The fourth-order valence-electron chi connectivity index (χ4n) is 1.91. The van der Waals surface area contributed by atoms with Crippen LogP contribution < -0.4 is 16.2 Å². The second-order valence-corrected chi connectivity index (χ2v) is 4.67. The van der Waals surface area contributed by atoms with Gasteiger partial charge >= 0.3 is 0 Å².